The maximum atomic E-state index is 14.1. The Morgan fingerprint density at radius 3 is 1.48 bits per heavy atom. The minimum atomic E-state index is -2.82. The van der Waals surface area contributed by atoms with Crippen LogP contribution in [0.15, 0.2) is 132 Å². The van der Waals surface area contributed by atoms with Crippen molar-refractivity contribution in [3.05, 3.63) is 165 Å². The molecule has 4 aromatic carbocycles. The predicted molar refractivity (Wildman–Crippen MR) is 431 cm³/mol. The van der Waals surface area contributed by atoms with E-state index in [1.54, 1.807) is 63.3 Å². The van der Waals surface area contributed by atoms with Crippen molar-refractivity contribution in [1.82, 2.24) is 0 Å². The van der Waals surface area contributed by atoms with Crippen molar-refractivity contribution in [3.8, 4) is 23.0 Å². The van der Waals surface area contributed by atoms with Gasteiger partial charge in [-0.25, -0.2) is 9.59 Å². The number of rotatable bonds is 41. The Bertz CT molecular complexity index is 3650. The Labute approximate surface area is 643 Å². The zero-order valence-corrected chi connectivity index (χ0v) is 70.6. The normalized spacial score (nSPS) is 19.2. The summed E-state index contributed by atoms with van der Waals surface area (Å²) in [4.78, 5) is 31.9. The van der Waals surface area contributed by atoms with Crippen molar-refractivity contribution in [3.63, 3.8) is 0 Å². The van der Waals surface area contributed by atoms with Gasteiger partial charge in [-0.15, -0.1) is 0 Å². The van der Waals surface area contributed by atoms with Crippen LogP contribution in [0.3, 0.4) is 0 Å². The summed E-state index contributed by atoms with van der Waals surface area (Å²) in [5.41, 5.74) is 18.2. The van der Waals surface area contributed by atoms with E-state index in [1.807, 2.05) is 32.9 Å². The number of aliphatic hydroxyl groups excluding tert-OH is 2. The molecule has 10 atom stereocenters. The van der Waals surface area contributed by atoms with Crippen molar-refractivity contribution >= 4 is 59.2 Å². The van der Waals surface area contributed by atoms with Gasteiger partial charge in [-0.2, -0.15) is 0 Å². The van der Waals surface area contributed by atoms with Crippen LogP contribution in [0.5, 0.6) is 23.0 Å². The van der Waals surface area contributed by atoms with E-state index >= 15 is 0 Å². The summed E-state index contributed by atoms with van der Waals surface area (Å²) in [6.45, 7) is 41.2. The van der Waals surface area contributed by atoms with E-state index in [-0.39, 0.29) is 97.0 Å². The first-order valence-electron chi connectivity index (χ1n) is 37.3. The van der Waals surface area contributed by atoms with Gasteiger partial charge >= 0.3 is 11.9 Å². The van der Waals surface area contributed by atoms with Crippen molar-refractivity contribution in [2.45, 2.75) is 232 Å². The summed E-state index contributed by atoms with van der Waals surface area (Å²) >= 11 is 0. The number of carboxylic acids is 1. The fourth-order valence-corrected chi connectivity index (χ4v) is 18.8. The highest BCUT2D eigenvalue weighted by Crippen LogP contribution is 2.44. The second kappa shape index (κ2) is 42.3. The molecule has 24 nitrogen and oxygen atoms in total. The molecule has 0 amide bonds. The molecule has 0 radical (unpaired) electrons. The number of aromatic carboxylic acids is 1. The number of esters is 1. The van der Waals surface area contributed by atoms with Gasteiger partial charge < -0.3 is 76.3 Å². The van der Waals surface area contributed by atoms with Crippen LogP contribution in [-0.4, -0.2) is 173 Å². The molecule has 108 heavy (non-hydrogen) atoms. The quantitative estimate of drug-likeness (QED) is 0.00543. The van der Waals surface area contributed by atoms with Crippen LogP contribution in [0.2, 0.25) is 48.9 Å². The Kier molecular flexibility index (Phi) is 35.8. The predicted octanol–water partition coefficient (Wildman–Crippen LogP) is 17.0. The van der Waals surface area contributed by atoms with Gasteiger partial charge in [-0.3, -0.25) is 0 Å². The third-order valence-electron chi connectivity index (χ3n) is 19.1. The summed E-state index contributed by atoms with van der Waals surface area (Å²) in [7, 11) is -3.76. The maximum absolute atomic E-state index is 14.1. The number of carbonyl (C=O) groups is 2. The van der Waals surface area contributed by atoms with E-state index in [0.717, 1.165) is 6.04 Å². The van der Waals surface area contributed by atoms with Gasteiger partial charge in [-0.1, -0.05) is 195 Å². The number of benzene rings is 4. The summed E-state index contributed by atoms with van der Waals surface area (Å²) in [5, 5.41) is 39.8. The van der Waals surface area contributed by atoms with E-state index in [0.29, 0.717) is 48.5 Å². The lowest BCUT2D eigenvalue weighted by Gasteiger charge is -2.45. The minimum absolute atomic E-state index is 0.00694. The number of carbonyl (C=O) groups excluding carboxylic acids is 1. The molecule has 2 unspecified atom stereocenters. The molecule has 3 N–H and O–H groups in total. The second-order valence-corrected chi connectivity index (χ2v) is 46.6. The van der Waals surface area contributed by atoms with Crippen LogP contribution >= 0.6 is 0 Å². The monoisotopic (exact) mass is 1550 g/mol. The lowest BCUT2D eigenvalue weighted by Crippen LogP contribution is -2.67. The molecule has 2 aliphatic rings. The van der Waals surface area contributed by atoms with E-state index < -0.39 is 90.9 Å². The molecular formula is C81H122N6O18Si3. The molecule has 6 rings (SSSR count). The lowest BCUT2D eigenvalue weighted by atomic mass is 9.99. The van der Waals surface area contributed by atoms with Gasteiger partial charge in [0.2, 0.25) is 0 Å². The number of azide groups is 2. The first-order valence-corrected chi connectivity index (χ1v) is 45.8. The van der Waals surface area contributed by atoms with Crippen LogP contribution < -0.4 is 29.3 Å². The number of methoxy groups -OCH3 is 2. The Morgan fingerprint density at radius 2 is 1.04 bits per heavy atom. The SMILES string of the molecule is COCOc1ccc(OCCCN=[N+]=[N-])c(/C=C/C[C@@H]2OC(C)(C)O[C@@H]2C(/C=C\[C@@H](C)[C@@H](C)O[Si](c2ccccc2)(c2ccccc2)C(C)(C)C)O[Si](C)(C)C(C)(C)C)c1C(=O)OCC[Si](C)(C)C.COCOc1ccc(OCCCN=[N+]=[N-])c(/C=C/C[C@@H]2OC(C)(C)O[C@@H]2C(O)/C=C\[C@@H](C)[C@H](C)O)c1C(=O)O. The lowest BCUT2D eigenvalue weighted by molar-refractivity contribution is -0.152. The molecule has 2 heterocycles. The topological polar surface area (TPSA) is 312 Å². The summed E-state index contributed by atoms with van der Waals surface area (Å²) < 4.78 is 80.0. The molecular weight excluding hydrogens is 1430 g/mol. The van der Waals surface area contributed by atoms with Crippen LogP contribution in [0.4, 0.5) is 0 Å². The third-order valence-corrected chi connectivity index (χ3v) is 30.4. The summed E-state index contributed by atoms with van der Waals surface area (Å²) in [6, 6.07) is 28.9. The Morgan fingerprint density at radius 1 is 0.583 bits per heavy atom. The molecule has 2 saturated heterocycles. The number of hydrogen-bond acceptors (Lipinski definition) is 19. The van der Waals surface area contributed by atoms with E-state index in [9.17, 15) is 24.9 Å². The molecule has 27 heteroatoms. The average molecular weight is 1550 g/mol. The molecule has 0 saturated carbocycles. The van der Waals surface area contributed by atoms with Crippen molar-refractivity contribution < 1.29 is 85.9 Å². The van der Waals surface area contributed by atoms with Gasteiger partial charge in [0.15, 0.2) is 33.5 Å². The van der Waals surface area contributed by atoms with Gasteiger partial charge in [0.1, 0.15) is 52.4 Å². The average Bonchev–Trinajstić information content (AvgIpc) is 0.916. The van der Waals surface area contributed by atoms with E-state index in [2.05, 4.69) is 181 Å². The standard InChI is InChI=1S/C54H83N3O9Si3.C27H39N3O9/c1-40(41(2)65-69(53(6,7)8,42-25-19-17-20-26-42)43-27-21-18-22-28-43)31-32-48(66-68(15,16)52(3,4)5)50-47(63-54(9,10)64-50)30-23-29-44-45(60-36-24-35-56-57-55)33-34-46(62-39-59-11)49(44)51(58)61-37-38-67(12,13)14;1-17(18(2)31)10-11-20(32)25-23(38-27(3,4)39-25)9-6-8-19-21(36-15-7-14-29-30-28)12-13-22(37-16-35-5)24(19)26(33)34/h17-23,25-29,31-34,40-41,47-48,50H,24,30,35-39H2,1-16H3;6,8,10-13,17-18,20,23,25,31-32H,7,9,14-16H2,1-5H3,(H,33,34)/b29-23+,32-31-;8-6+,11-10-/t40-,41-,47+,48?,50+;17-,18+,20?,23+,25-/m11/s1. The van der Waals surface area contributed by atoms with Crippen molar-refractivity contribution in [2.24, 2.45) is 22.1 Å². The number of aliphatic hydroxyl groups is 2. The third kappa shape index (κ3) is 27.4. The molecule has 0 aliphatic carbocycles. The first kappa shape index (κ1) is 91.5. The molecule has 0 aromatic heterocycles. The van der Waals surface area contributed by atoms with Crippen LogP contribution in [0.25, 0.3) is 33.0 Å². The van der Waals surface area contributed by atoms with Crippen LogP contribution in [0, 0.1) is 11.8 Å². The maximum Gasteiger partial charge on any atom is 0.342 e. The molecule has 596 valence electrons. The van der Waals surface area contributed by atoms with E-state index in [4.69, 9.17) is 72.0 Å². The minimum Gasteiger partial charge on any atom is -0.493 e. The Hall–Kier alpha value is -7.15. The van der Waals surface area contributed by atoms with Gasteiger partial charge in [-0.05, 0) is 154 Å². The van der Waals surface area contributed by atoms with Crippen LogP contribution in [-0.2, 0) is 42.0 Å². The van der Waals surface area contributed by atoms with E-state index in [1.165, 1.54) is 30.7 Å². The second-order valence-electron chi connectivity index (χ2n) is 32.0. The molecule has 0 bridgehead atoms. The van der Waals surface area contributed by atoms with Gasteiger partial charge in [0.05, 0.1) is 44.2 Å². The van der Waals surface area contributed by atoms with Crippen LogP contribution in [0.1, 0.15) is 154 Å². The summed E-state index contributed by atoms with van der Waals surface area (Å²) in [5.74, 6) is -2.53. The fourth-order valence-electron chi connectivity index (χ4n) is 12.0. The number of nitrogens with zero attached hydrogens (tertiary/aromatic N) is 6. The van der Waals surface area contributed by atoms with Gasteiger partial charge in [0, 0.05) is 62.4 Å². The van der Waals surface area contributed by atoms with Crippen molar-refractivity contribution in [1.29, 1.82) is 0 Å². The zero-order chi connectivity index (χ0) is 80.3. The smallest absolute Gasteiger partial charge is 0.342 e. The number of hydrogen-bond donors (Lipinski definition) is 3. The highest BCUT2D eigenvalue weighted by atomic mass is 28.4. The number of ether oxygens (including phenoxy) is 11. The molecule has 4 aromatic rings. The van der Waals surface area contributed by atoms with Crippen molar-refractivity contribution in [2.75, 3.05) is 60.7 Å². The zero-order valence-electron chi connectivity index (χ0n) is 67.6. The fraction of sp³-hybridized carbons (Fsp3) is 0.580. The highest BCUT2D eigenvalue weighted by molar-refractivity contribution is 6.99. The number of carboxylic acid groups (broad SMARTS) is 1. The first-order chi connectivity index (χ1) is 50.8. The molecule has 2 aliphatic heterocycles. The summed E-state index contributed by atoms with van der Waals surface area (Å²) in [6.07, 6.45) is 12.3. The largest absolute Gasteiger partial charge is 0.493 e. The molecule has 2 fully saturated rings. The highest BCUT2D eigenvalue weighted by Gasteiger charge is 2.52. The Balaban J connectivity index is 0.000000453. The van der Waals surface area contributed by atoms with Gasteiger partial charge in [0.25, 0.3) is 8.32 Å². The molecule has 0 spiro atoms.